The molecule has 7 heteroatoms. The highest BCUT2D eigenvalue weighted by Crippen LogP contribution is 2.32. The van der Waals surface area contributed by atoms with Gasteiger partial charge in [-0.2, -0.15) is 0 Å². The zero-order valence-corrected chi connectivity index (χ0v) is 21.7. The van der Waals surface area contributed by atoms with E-state index < -0.39 is 12.1 Å². The maximum absolute atomic E-state index is 13.9. The summed E-state index contributed by atoms with van der Waals surface area (Å²) >= 11 is 6.49. The van der Waals surface area contributed by atoms with Gasteiger partial charge >= 0.3 is 5.97 Å². The highest BCUT2D eigenvalue weighted by molar-refractivity contribution is 6.32. The van der Waals surface area contributed by atoms with E-state index in [2.05, 4.69) is 16.9 Å². The summed E-state index contributed by atoms with van der Waals surface area (Å²) in [7, 11) is 0. The van der Waals surface area contributed by atoms with Crippen LogP contribution in [0.5, 0.6) is 5.75 Å². The molecule has 1 fully saturated rings. The molecule has 35 heavy (non-hydrogen) atoms. The predicted molar refractivity (Wildman–Crippen MR) is 137 cm³/mol. The van der Waals surface area contributed by atoms with E-state index in [4.69, 9.17) is 21.1 Å². The number of benzene rings is 1. The number of halogens is 2. The number of hydrogen-bond acceptors (Lipinski definition) is 5. The van der Waals surface area contributed by atoms with Crippen LogP contribution in [-0.2, 0) is 16.0 Å². The van der Waals surface area contributed by atoms with Gasteiger partial charge in [0.15, 0.2) is 12.0 Å². The summed E-state index contributed by atoms with van der Waals surface area (Å²) in [6, 6.07) is 5.63. The SMILES string of the molecule is CCCCCc1cnc(-c2ccc(OCC3CCC(OC(=O)[C@@H](F)CCCC)CC3)c(Cl)c2)nc1. The first-order valence-electron chi connectivity index (χ1n) is 13.1. The summed E-state index contributed by atoms with van der Waals surface area (Å²) in [5.74, 6) is 0.929. The van der Waals surface area contributed by atoms with Crippen molar-refractivity contribution >= 4 is 17.6 Å². The van der Waals surface area contributed by atoms with Crippen LogP contribution in [0.25, 0.3) is 11.4 Å². The van der Waals surface area contributed by atoms with Crippen LogP contribution in [-0.4, -0.2) is 34.8 Å². The van der Waals surface area contributed by atoms with Crippen molar-refractivity contribution in [3.8, 4) is 17.1 Å². The van der Waals surface area contributed by atoms with E-state index in [0.29, 0.717) is 35.5 Å². The third-order valence-electron chi connectivity index (χ3n) is 6.58. The van der Waals surface area contributed by atoms with Crippen LogP contribution in [0.4, 0.5) is 4.39 Å². The molecule has 0 N–H and O–H groups in total. The van der Waals surface area contributed by atoms with Gasteiger partial charge in [-0.15, -0.1) is 0 Å². The van der Waals surface area contributed by atoms with E-state index in [1.807, 2.05) is 37.5 Å². The van der Waals surface area contributed by atoms with Crippen molar-refractivity contribution in [2.24, 2.45) is 5.92 Å². The molecule has 1 aromatic carbocycles. The van der Waals surface area contributed by atoms with Crippen LogP contribution in [0.2, 0.25) is 5.02 Å². The summed E-state index contributed by atoms with van der Waals surface area (Å²) in [5, 5.41) is 0.529. The Morgan fingerprint density at radius 1 is 1.09 bits per heavy atom. The summed E-state index contributed by atoms with van der Waals surface area (Å²) in [4.78, 5) is 20.9. The quantitative estimate of drug-likeness (QED) is 0.208. The van der Waals surface area contributed by atoms with Crippen LogP contribution in [0, 0.1) is 5.92 Å². The van der Waals surface area contributed by atoms with E-state index in [1.54, 1.807) is 0 Å². The molecular formula is C28H38ClFN2O3. The minimum absolute atomic E-state index is 0.195. The maximum Gasteiger partial charge on any atom is 0.340 e. The van der Waals surface area contributed by atoms with Crippen LogP contribution in [0.1, 0.15) is 83.6 Å². The van der Waals surface area contributed by atoms with Crippen LogP contribution in [0.15, 0.2) is 30.6 Å². The lowest BCUT2D eigenvalue weighted by molar-refractivity contribution is -0.157. The number of nitrogens with zero attached hydrogens (tertiary/aromatic N) is 2. The molecule has 0 saturated heterocycles. The number of esters is 1. The molecule has 0 bridgehead atoms. The van der Waals surface area contributed by atoms with E-state index in [1.165, 1.54) is 12.8 Å². The summed E-state index contributed by atoms with van der Waals surface area (Å²) in [6.45, 7) is 4.72. The van der Waals surface area contributed by atoms with E-state index >= 15 is 0 Å². The average Bonchev–Trinajstić information content (AvgIpc) is 2.88. The molecule has 0 aliphatic heterocycles. The first-order valence-corrected chi connectivity index (χ1v) is 13.5. The number of ether oxygens (including phenoxy) is 2. The lowest BCUT2D eigenvalue weighted by Crippen LogP contribution is -2.30. The zero-order valence-electron chi connectivity index (χ0n) is 21.0. The van der Waals surface area contributed by atoms with Gasteiger partial charge in [0, 0.05) is 18.0 Å². The van der Waals surface area contributed by atoms with Gasteiger partial charge in [-0.05, 0) is 74.6 Å². The van der Waals surface area contributed by atoms with Gasteiger partial charge in [0.1, 0.15) is 11.9 Å². The topological polar surface area (TPSA) is 61.3 Å². The number of unbranched alkanes of at least 4 members (excludes halogenated alkanes) is 3. The highest BCUT2D eigenvalue weighted by Gasteiger charge is 2.27. The first-order chi connectivity index (χ1) is 17.0. The average molecular weight is 505 g/mol. The minimum Gasteiger partial charge on any atom is -0.492 e. The number of rotatable bonds is 13. The van der Waals surface area contributed by atoms with Crippen LogP contribution >= 0.6 is 11.6 Å². The maximum atomic E-state index is 13.9. The van der Waals surface area contributed by atoms with Gasteiger partial charge in [-0.25, -0.2) is 19.2 Å². The Kier molecular flexibility index (Phi) is 11.2. The molecule has 1 saturated carbocycles. The van der Waals surface area contributed by atoms with Gasteiger partial charge in [-0.1, -0.05) is 51.1 Å². The molecule has 0 amide bonds. The number of hydrogen-bond donors (Lipinski definition) is 0. The zero-order chi connectivity index (χ0) is 25.0. The second kappa shape index (κ2) is 14.4. The second-order valence-electron chi connectivity index (χ2n) is 9.52. The van der Waals surface area contributed by atoms with Crippen LogP contribution < -0.4 is 4.74 Å². The van der Waals surface area contributed by atoms with E-state index in [9.17, 15) is 9.18 Å². The molecule has 2 aromatic rings. The van der Waals surface area contributed by atoms with Crippen molar-refractivity contribution < 1.29 is 18.7 Å². The molecule has 0 spiro atoms. The number of alkyl halides is 1. The molecule has 1 aliphatic rings. The molecular weight excluding hydrogens is 467 g/mol. The smallest absolute Gasteiger partial charge is 0.340 e. The Labute approximate surface area is 213 Å². The van der Waals surface area contributed by atoms with E-state index in [0.717, 1.165) is 56.1 Å². The molecule has 5 nitrogen and oxygen atoms in total. The van der Waals surface area contributed by atoms with Crippen molar-refractivity contribution in [3.63, 3.8) is 0 Å². The van der Waals surface area contributed by atoms with Crippen molar-refractivity contribution in [2.45, 2.75) is 96.8 Å². The lowest BCUT2D eigenvalue weighted by atomic mass is 9.88. The molecule has 1 atom stereocenters. The Balaban J connectivity index is 1.43. The summed E-state index contributed by atoms with van der Waals surface area (Å²) < 4.78 is 25.2. The van der Waals surface area contributed by atoms with Crippen molar-refractivity contribution in [1.29, 1.82) is 0 Å². The Morgan fingerprint density at radius 2 is 1.80 bits per heavy atom. The Bertz CT molecular complexity index is 917. The molecule has 1 aliphatic carbocycles. The van der Waals surface area contributed by atoms with Crippen molar-refractivity contribution in [3.05, 3.63) is 41.2 Å². The highest BCUT2D eigenvalue weighted by atomic mass is 35.5. The molecule has 1 heterocycles. The minimum atomic E-state index is -1.50. The second-order valence-corrected chi connectivity index (χ2v) is 9.92. The Hall–Kier alpha value is -2.21. The largest absolute Gasteiger partial charge is 0.492 e. The van der Waals surface area contributed by atoms with E-state index in [-0.39, 0.29) is 12.5 Å². The monoisotopic (exact) mass is 504 g/mol. The fraction of sp³-hybridized carbons (Fsp3) is 0.607. The number of aryl methyl sites for hydroxylation is 1. The molecule has 0 radical (unpaired) electrons. The molecule has 192 valence electrons. The normalized spacial score (nSPS) is 18.7. The lowest BCUT2D eigenvalue weighted by Gasteiger charge is -2.28. The molecule has 1 aromatic heterocycles. The number of carbonyl (C=O) groups excluding carboxylic acids is 1. The summed E-state index contributed by atoms with van der Waals surface area (Å²) in [6.07, 6.45) is 11.7. The summed E-state index contributed by atoms with van der Waals surface area (Å²) in [5.41, 5.74) is 2.01. The first kappa shape index (κ1) is 27.4. The number of carbonyl (C=O) groups is 1. The van der Waals surface area contributed by atoms with Crippen LogP contribution in [0.3, 0.4) is 0 Å². The van der Waals surface area contributed by atoms with Crippen molar-refractivity contribution in [2.75, 3.05) is 6.61 Å². The molecule has 3 rings (SSSR count). The third kappa shape index (κ3) is 8.75. The fourth-order valence-corrected chi connectivity index (χ4v) is 4.57. The standard InChI is InChI=1S/C28H38ClFN2O3/c1-3-5-7-8-21-17-31-27(32-18-21)22-12-15-26(24(29)16-22)34-19-20-10-13-23(14-11-20)35-28(33)25(30)9-6-4-2/h12,15-18,20,23,25H,3-11,13-14,19H2,1-2H3/t20?,23?,25-/m0/s1. The van der Waals surface area contributed by atoms with Gasteiger partial charge in [-0.3, -0.25) is 0 Å². The van der Waals surface area contributed by atoms with Gasteiger partial charge in [0.2, 0.25) is 0 Å². The number of aromatic nitrogens is 2. The fourth-order valence-electron chi connectivity index (χ4n) is 4.33. The third-order valence-corrected chi connectivity index (χ3v) is 6.88. The van der Waals surface area contributed by atoms with Crippen molar-refractivity contribution in [1.82, 2.24) is 9.97 Å². The van der Waals surface area contributed by atoms with Gasteiger partial charge < -0.3 is 9.47 Å². The van der Waals surface area contributed by atoms with Gasteiger partial charge in [0.05, 0.1) is 11.6 Å². The molecule has 0 unspecified atom stereocenters. The Morgan fingerprint density at radius 3 is 2.46 bits per heavy atom. The van der Waals surface area contributed by atoms with Gasteiger partial charge in [0.25, 0.3) is 0 Å². The predicted octanol–water partition coefficient (Wildman–Crippen LogP) is 7.54.